The van der Waals surface area contributed by atoms with Gasteiger partial charge in [-0.15, -0.1) is 0 Å². The highest BCUT2D eigenvalue weighted by Crippen LogP contribution is 2.13. The van der Waals surface area contributed by atoms with Crippen molar-refractivity contribution in [1.82, 2.24) is 0 Å². The Hall–Kier alpha value is -1.59. The van der Waals surface area contributed by atoms with Crippen molar-refractivity contribution >= 4 is 17.9 Å². The lowest BCUT2D eigenvalue weighted by Crippen LogP contribution is -2.30. The van der Waals surface area contributed by atoms with Crippen molar-refractivity contribution in [3.63, 3.8) is 0 Å². The molecule has 0 saturated heterocycles. The first kappa shape index (κ1) is 33.4. The normalized spacial score (nSPS) is 11.7. The third-order valence-corrected chi connectivity index (χ3v) is 6.17. The van der Waals surface area contributed by atoms with Gasteiger partial charge in [0.25, 0.3) is 0 Å². The van der Waals surface area contributed by atoms with Gasteiger partial charge in [0.2, 0.25) is 0 Å². The highest BCUT2D eigenvalue weighted by atomic mass is 16.6. The third-order valence-electron chi connectivity index (χ3n) is 6.17. The fourth-order valence-corrected chi connectivity index (χ4v) is 3.99. The van der Waals surface area contributed by atoms with Crippen LogP contribution in [0.5, 0.6) is 0 Å². The van der Waals surface area contributed by atoms with Gasteiger partial charge in [-0.2, -0.15) is 0 Å². The summed E-state index contributed by atoms with van der Waals surface area (Å²) in [6.45, 7) is 5.58. The smallest absolute Gasteiger partial charge is 0.306 e. The standard InChI is InChI=1S/C29H54O6/c1-4-6-8-10-12-14-16-18-20-22-28(31)34-25-27(24-33-26(3)30)35-29(32)23-21-19-17-15-13-11-9-7-5-2/h27H,4-25H2,1-3H3. The van der Waals surface area contributed by atoms with E-state index in [0.717, 1.165) is 38.5 Å². The summed E-state index contributed by atoms with van der Waals surface area (Å²) < 4.78 is 15.7. The van der Waals surface area contributed by atoms with E-state index in [1.54, 1.807) is 0 Å². The number of unbranched alkanes of at least 4 members (excludes halogenated alkanes) is 16. The third kappa shape index (κ3) is 25.3. The summed E-state index contributed by atoms with van der Waals surface area (Å²) in [6.07, 6.45) is 21.2. The molecule has 0 rings (SSSR count). The molecule has 0 heterocycles. The average Bonchev–Trinajstić information content (AvgIpc) is 2.83. The summed E-state index contributed by atoms with van der Waals surface area (Å²) >= 11 is 0. The molecule has 0 spiro atoms. The minimum absolute atomic E-state index is 0.0763. The van der Waals surface area contributed by atoms with Gasteiger partial charge in [0, 0.05) is 19.8 Å². The van der Waals surface area contributed by atoms with Gasteiger partial charge < -0.3 is 14.2 Å². The Morgan fingerprint density at radius 3 is 1.31 bits per heavy atom. The van der Waals surface area contributed by atoms with E-state index < -0.39 is 12.1 Å². The lowest BCUT2D eigenvalue weighted by atomic mass is 10.1. The molecule has 0 aliphatic heterocycles. The van der Waals surface area contributed by atoms with Gasteiger partial charge in [0.15, 0.2) is 6.10 Å². The quantitative estimate of drug-likeness (QED) is 0.0724. The summed E-state index contributed by atoms with van der Waals surface area (Å²) in [5, 5.41) is 0. The summed E-state index contributed by atoms with van der Waals surface area (Å²) in [4.78, 5) is 35.4. The number of hydrogen-bond donors (Lipinski definition) is 0. The van der Waals surface area contributed by atoms with E-state index in [-0.39, 0.29) is 25.2 Å². The molecule has 0 aromatic rings. The molecule has 6 nitrogen and oxygen atoms in total. The summed E-state index contributed by atoms with van der Waals surface area (Å²) in [5.74, 6) is -1.08. The Bertz CT molecular complexity index is 519. The lowest BCUT2D eigenvalue weighted by molar-refractivity contribution is -0.166. The van der Waals surface area contributed by atoms with Crippen LogP contribution < -0.4 is 0 Å². The first-order valence-corrected chi connectivity index (χ1v) is 14.5. The van der Waals surface area contributed by atoms with Crippen LogP contribution in [-0.2, 0) is 28.6 Å². The zero-order chi connectivity index (χ0) is 26.0. The van der Waals surface area contributed by atoms with Gasteiger partial charge in [-0.1, -0.05) is 117 Å². The number of hydrogen-bond acceptors (Lipinski definition) is 6. The van der Waals surface area contributed by atoms with Crippen molar-refractivity contribution in [3.8, 4) is 0 Å². The van der Waals surface area contributed by atoms with E-state index in [1.807, 2.05) is 0 Å². The Balaban J connectivity index is 3.97. The van der Waals surface area contributed by atoms with Crippen LogP contribution >= 0.6 is 0 Å². The lowest BCUT2D eigenvalue weighted by Gasteiger charge is -2.18. The van der Waals surface area contributed by atoms with Crippen molar-refractivity contribution in [2.75, 3.05) is 13.2 Å². The molecule has 206 valence electrons. The molecule has 35 heavy (non-hydrogen) atoms. The molecule has 1 unspecified atom stereocenters. The maximum absolute atomic E-state index is 12.2. The highest BCUT2D eigenvalue weighted by Gasteiger charge is 2.18. The van der Waals surface area contributed by atoms with Gasteiger partial charge >= 0.3 is 17.9 Å². The van der Waals surface area contributed by atoms with E-state index in [0.29, 0.717) is 12.8 Å². The molecule has 6 heteroatoms. The van der Waals surface area contributed by atoms with Crippen LogP contribution in [0.15, 0.2) is 0 Å². The molecule has 0 aliphatic carbocycles. The predicted octanol–water partition coefficient (Wildman–Crippen LogP) is 7.85. The monoisotopic (exact) mass is 498 g/mol. The molecule has 0 amide bonds. The van der Waals surface area contributed by atoms with Gasteiger partial charge in [-0.3, -0.25) is 14.4 Å². The summed E-state index contributed by atoms with van der Waals surface area (Å²) in [5.41, 5.74) is 0. The van der Waals surface area contributed by atoms with Gasteiger partial charge in [-0.05, 0) is 12.8 Å². The first-order chi connectivity index (χ1) is 17.0. The van der Waals surface area contributed by atoms with Crippen molar-refractivity contribution in [2.24, 2.45) is 0 Å². The van der Waals surface area contributed by atoms with Gasteiger partial charge in [0.1, 0.15) is 13.2 Å². The van der Waals surface area contributed by atoms with E-state index in [1.165, 1.54) is 84.0 Å². The SMILES string of the molecule is CCCCCCCCCCCC(=O)OCC(COC(C)=O)OC(=O)CCCCCCCCCCC. The maximum atomic E-state index is 12.2. The molecule has 1 atom stereocenters. The van der Waals surface area contributed by atoms with Gasteiger partial charge in [-0.25, -0.2) is 0 Å². The van der Waals surface area contributed by atoms with E-state index >= 15 is 0 Å². The van der Waals surface area contributed by atoms with Crippen LogP contribution in [0, 0.1) is 0 Å². The molecule has 0 bridgehead atoms. The van der Waals surface area contributed by atoms with E-state index in [4.69, 9.17) is 14.2 Å². The average molecular weight is 499 g/mol. The van der Waals surface area contributed by atoms with Crippen LogP contribution in [-0.4, -0.2) is 37.2 Å². The van der Waals surface area contributed by atoms with Crippen LogP contribution in [0.3, 0.4) is 0 Å². The van der Waals surface area contributed by atoms with Crippen LogP contribution in [0.2, 0.25) is 0 Å². The second kappa shape index (κ2) is 25.5. The number of esters is 3. The zero-order valence-corrected chi connectivity index (χ0v) is 23.1. The second-order valence-electron chi connectivity index (χ2n) is 9.75. The van der Waals surface area contributed by atoms with Crippen molar-refractivity contribution in [3.05, 3.63) is 0 Å². The fraction of sp³-hybridized carbons (Fsp3) is 0.897. The molecule has 0 aromatic heterocycles. The van der Waals surface area contributed by atoms with E-state index in [2.05, 4.69) is 13.8 Å². The molecular formula is C29H54O6. The molecule has 0 aromatic carbocycles. The zero-order valence-electron chi connectivity index (χ0n) is 23.1. The summed E-state index contributed by atoms with van der Waals surface area (Å²) in [7, 11) is 0. The van der Waals surface area contributed by atoms with Gasteiger partial charge in [0.05, 0.1) is 0 Å². The number of ether oxygens (including phenoxy) is 3. The second-order valence-corrected chi connectivity index (χ2v) is 9.75. The minimum Gasteiger partial charge on any atom is -0.462 e. The Kier molecular flexibility index (Phi) is 24.3. The topological polar surface area (TPSA) is 78.9 Å². The Morgan fingerprint density at radius 2 is 0.886 bits per heavy atom. The molecule has 0 aliphatic rings. The van der Waals surface area contributed by atoms with Crippen molar-refractivity contribution in [2.45, 2.75) is 155 Å². The van der Waals surface area contributed by atoms with Crippen LogP contribution in [0.4, 0.5) is 0 Å². The van der Waals surface area contributed by atoms with Crippen LogP contribution in [0.1, 0.15) is 149 Å². The Labute approximate surface area is 215 Å². The molecule has 0 radical (unpaired) electrons. The number of rotatable bonds is 25. The molecule has 0 fully saturated rings. The largest absolute Gasteiger partial charge is 0.462 e. The molecule has 0 N–H and O–H groups in total. The number of carbonyl (C=O) groups is 3. The van der Waals surface area contributed by atoms with Crippen molar-refractivity contribution < 1.29 is 28.6 Å². The van der Waals surface area contributed by atoms with Crippen molar-refractivity contribution in [1.29, 1.82) is 0 Å². The molecular weight excluding hydrogens is 444 g/mol. The van der Waals surface area contributed by atoms with Crippen LogP contribution in [0.25, 0.3) is 0 Å². The summed E-state index contributed by atoms with van der Waals surface area (Å²) in [6, 6.07) is 0. The highest BCUT2D eigenvalue weighted by molar-refractivity contribution is 5.70. The maximum Gasteiger partial charge on any atom is 0.306 e. The predicted molar refractivity (Wildman–Crippen MR) is 141 cm³/mol. The fourth-order valence-electron chi connectivity index (χ4n) is 3.99. The first-order valence-electron chi connectivity index (χ1n) is 14.5. The Morgan fingerprint density at radius 1 is 0.514 bits per heavy atom. The minimum atomic E-state index is -0.753. The van der Waals surface area contributed by atoms with E-state index in [9.17, 15) is 14.4 Å². The number of carbonyl (C=O) groups excluding carboxylic acids is 3. The molecule has 0 saturated carbocycles.